The van der Waals surface area contributed by atoms with Crippen LogP contribution in [-0.2, 0) is 8.85 Å². The van der Waals surface area contributed by atoms with Crippen LogP contribution in [0, 0.1) is 0 Å². The molecular formula is C16H34O2Si2. The molecule has 0 aliphatic heterocycles. The van der Waals surface area contributed by atoms with E-state index in [9.17, 15) is 0 Å². The minimum absolute atomic E-state index is 0.123. The lowest BCUT2D eigenvalue weighted by Crippen LogP contribution is -2.53. The summed E-state index contributed by atoms with van der Waals surface area (Å²) in [6.45, 7) is 18.2. The van der Waals surface area contributed by atoms with Gasteiger partial charge in [-0.2, -0.15) is 0 Å². The smallest absolute Gasteiger partial charge is 0.184 e. The van der Waals surface area contributed by atoms with Gasteiger partial charge in [0, 0.05) is 0 Å². The summed E-state index contributed by atoms with van der Waals surface area (Å²) in [5, 5.41) is 0. The molecule has 0 heterocycles. The molecule has 0 amide bonds. The second kappa shape index (κ2) is 6.47. The van der Waals surface area contributed by atoms with Crippen molar-refractivity contribution in [1.29, 1.82) is 0 Å². The van der Waals surface area contributed by atoms with E-state index in [0.717, 1.165) is 25.7 Å². The lowest BCUT2D eigenvalue weighted by molar-refractivity contribution is -0.0470. The Morgan fingerprint density at radius 2 is 1.70 bits per heavy atom. The van der Waals surface area contributed by atoms with Crippen LogP contribution >= 0.6 is 0 Å². The molecule has 1 aliphatic rings. The van der Waals surface area contributed by atoms with Gasteiger partial charge < -0.3 is 8.85 Å². The molecule has 0 bridgehead atoms. The van der Waals surface area contributed by atoms with Gasteiger partial charge in [-0.1, -0.05) is 11.6 Å². The normalized spacial score (nSPS) is 29.6. The topological polar surface area (TPSA) is 18.5 Å². The van der Waals surface area contributed by atoms with E-state index in [0.29, 0.717) is 0 Å². The van der Waals surface area contributed by atoms with Crippen molar-refractivity contribution in [3.05, 3.63) is 11.6 Å². The molecule has 0 fully saturated rings. The first kappa shape index (κ1) is 18.1. The predicted octanol–water partition coefficient (Wildman–Crippen LogP) is 5.34. The van der Waals surface area contributed by atoms with Gasteiger partial charge in [0.25, 0.3) is 0 Å². The van der Waals surface area contributed by atoms with Gasteiger partial charge in [-0.15, -0.1) is 0 Å². The van der Waals surface area contributed by atoms with Crippen LogP contribution in [0.15, 0.2) is 11.6 Å². The van der Waals surface area contributed by atoms with E-state index < -0.39 is 16.6 Å². The molecule has 0 N–H and O–H groups in total. The van der Waals surface area contributed by atoms with Crippen LogP contribution in [-0.4, -0.2) is 28.3 Å². The average Bonchev–Trinajstić information content (AvgIpc) is 2.18. The summed E-state index contributed by atoms with van der Waals surface area (Å²) in [4.78, 5) is 0. The maximum atomic E-state index is 6.60. The van der Waals surface area contributed by atoms with Crippen LogP contribution in [0.2, 0.25) is 39.3 Å². The summed E-state index contributed by atoms with van der Waals surface area (Å²) in [7, 11) is -3.13. The highest BCUT2D eigenvalue weighted by Crippen LogP contribution is 2.35. The molecule has 20 heavy (non-hydrogen) atoms. The standard InChI is InChI=1S/C16H34O2Si2/c1-14-10-9-13-16(2,18-20(6,7)8)15(12-11-14)17-19(3,4)5/h10,15H,9,11-13H2,1-8H3. The van der Waals surface area contributed by atoms with Gasteiger partial charge >= 0.3 is 0 Å². The number of allylic oxidation sites excluding steroid dienone is 2. The van der Waals surface area contributed by atoms with E-state index in [1.165, 1.54) is 5.57 Å². The molecule has 0 spiro atoms. The van der Waals surface area contributed by atoms with Crippen LogP contribution in [0.25, 0.3) is 0 Å². The molecule has 2 atom stereocenters. The molecule has 1 rings (SSSR count). The van der Waals surface area contributed by atoms with Crippen molar-refractivity contribution in [2.45, 2.75) is 90.5 Å². The molecule has 0 aromatic carbocycles. The van der Waals surface area contributed by atoms with Gasteiger partial charge in [0.2, 0.25) is 0 Å². The van der Waals surface area contributed by atoms with Gasteiger partial charge in [0.15, 0.2) is 16.6 Å². The molecule has 0 aromatic heterocycles. The summed E-state index contributed by atoms with van der Waals surface area (Å²) in [6.07, 6.45) is 7.04. The third-order valence-electron chi connectivity index (χ3n) is 3.65. The van der Waals surface area contributed by atoms with E-state index in [2.05, 4.69) is 59.2 Å². The van der Waals surface area contributed by atoms with Gasteiger partial charge in [0.05, 0.1) is 11.7 Å². The van der Waals surface area contributed by atoms with Crippen LogP contribution in [0.1, 0.15) is 39.5 Å². The SMILES string of the molecule is CC1=CCCC(C)(O[Si](C)(C)C)C(O[Si](C)(C)C)CC1. The second-order valence-electron chi connectivity index (χ2n) is 8.37. The Labute approximate surface area is 128 Å². The Morgan fingerprint density at radius 1 is 1.10 bits per heavy atom. The molecule has 2 unspecified atom stereocenters. The summed E-state index contributed by atoms with van der Waals surface area (Å²) in [5.74, 6) is 0. The lowest BCUT2D eigenvalue weighted by Gasteiger charge is -2.45. The van der Waals surface area contributed by atoms with Gasteiger partial charge in [-0.25, -0.2) is 0 Å². The van der Waals surface area contributed by atoms with Crippen molar-refractivity contribution < 1.29 is 8.85 Å². The molecule has 2 nitrogen and oxygen atoms in total. The Bertz CT molecular complexity index is 352. The summed E-state index contributed by atoms with van der Waals surface area (Å²) < 4.78 is 13.1. The Hall–Kier alpha value is 0.0938. The number of hydrogen-bond donors (Lipinski definition) is 0. The summed E-state index contributed by atoms with van der Waals surface area (Å²) >= 11 is 0. The molecule has 0 saturated carbocycles. The Kier molecular flexibility index (Phi) is 5.87. The van der Waals surface area contributed by atoms with E-state index >= 15 is 0 Å². The van der Waals surface area contributed by atoms with Crippen molar-refractivity contribution in [3.63, 3.8) is 0 Å². The van der Waals surface area contributed by atoms with Crippen LogP contribution in [0.4, 0.5) is 0 Å². The third-order valence-corrected chi connectivity index (χ3v) is 5.72. The maximum Gasteiger partial charge on any atom is 0.184 e. The largest absolute Gasteiger partial charge is 0.412 e. The maximum absolute atomic E-state index is 6.60. The van der Waals surface area contributed by atoms with Crippen molar-refractivity contribution in [2.24, 2.45) is 0 Å². The monoisotopic (exact) mass is 314 g/mol. The zero-order valence-corrected chi connectivity index (χ0v) is 16.8. The van der Waals surface area contributed by atoms with E-state index in [-0.39, 0.29) is 11.7 Å². The fraction of sp³-hybridized carbons (Fsp3) is 0.875. The Morgan fingerprint density at radius 3 is 2.20 bits per heavy atom. The first-order chi connectivity index (χ1) is 8.91. The molecule has 118 valence electrons. The van der Waals surface area contributed by atoms with Gasteiger partial charge in [-0.3, -0.25) is 0 Å². The van der Waals surface area contributed by atoms with Crippen molar-refractivity contribution in [3.8, 4) is 0 Å². The number of rotatable bonds is 4. The predicted molar refractivity (Wildman–Crippen MR) is 93.3 cm³/mol. The molecule has 0 saturated heterocycles. The van der Waals surface area contributed by atoms with Crippen LogP contribution < -0.4 is 0 Å². The number of hydrogen-bond acceptors (Lipinski definition) is 2. The lowest BCUT2D eigenvalue weighted by atomic mass is 9.87. The first-order valence-corrected chi connectivity index (χ1v) is 14.8. The van der Waals surface area contributed by atoms with E-state index in [1.54, 1.807) is 0 Å². The van der Waals surface area contributed by atoms with Gasteiger partial charge in [-0.05, 0) is 78.8 Å². The average molecular weight is 315 g/mol. The molecule has 1 aliphatic carbocycles. The van der Waals surface area contributed by atoms with E-state index in [4.69, 9.17) is 8.85 Å². The van der Waals surface area contributed by atoms with Crippen molar-refractivity contribution >= 4 is 16.6 Å². The minimum atomic E-state index is -1.58. The van der Waals surface area contributed by atoms with Crippen LogP contribution in [0.3, 0.4) is 0 Å². The zero-order valence-electron chi connectivity index (χ0n) is 14.8. The van der Waals surface area contributed by atoms with Crippen LogP contribution in [0.5, 0.6) is 0 Å². The molecular weight excluding hydrogens is 280 g/mol. The highest BCUT2D eigenvalue weighted by atomic mass is 28.4. The quantitative estimate of drug-likeness (QED) is 0.515. The van der Waals surface area contributed by atoms with Crippen molar-refractivity contribution in [1.82, 2.24) is 0 Å². The summed E-state index contributed by atoms with van der Waals surface area (Å²) in [5.41, 5.74) is 1.38. The summed E-state index contributed by atoms with van der Waals surface area (Å²) in [6, 6.07) is 0. The third kappa shape index (κ3) is 6.25. The van der Waals surface area contributed by atoms with E-state index in [1.807, 2.05) is 0 Å². The minimum Gasteiger partial charge on any atom is -0.412 e. The molecule has 4 heteroatoms. The van der Waals surface area contributed by atoms with Gasteiger partial charge in [0.1, 0.15) is 0 Å². The Balaban J connectivity index is 2.98. The second-order valence-corrected chi connectivity index (χ2v) is 17.3. The fourth-order valence-corrected chi connectivity index (χ4v) is 5.81. The van der Waals surface area contributed by atoms with Crippen molar-refractivity contribution in [2.75, 3.05) is 0 Å². The highest BCUT2D eigenvalue weighted by Gasteiger charge is 2.41. The molecule has 0 radical (unpaired) electrons. The zero-order chi connectivity index (χ0) is 15.6. The fourth-order valence-electron chi connectivity index (χ4n) is 2.96. The highest BCUT2D eigenvalue weighted by molar-refractivity contribution is 6.70. The molecule has 0 aromatic rings. The first-order valence-electron chi connectivity index (χ1n) is 7.95.